The van der Waals surface area contributed by atoms with Gasteiger partial charge in [-0.2, -0.15) is 5.10 Å². The molecule has 5 heteroatoms. The van der Waals surface area contributed by atoms with Crippen LogP contribution in [0.2, 0.25) is 0 Å². The Bertz CT molecular complexity index is 367. The molecule has 0 fully saturated rings. The lowest BCUT2D eigenvalue weighted by molar-refractivity contribution is -0.127. The van der Waals surface area contributed by atoms with Gasteiger partial charge in [0.05, 0.1) is 6.04 Å². The fourth-order valence-electron chi connectivity index (χ4n) is 1.90. The Balaban J connectivity index is 2.62. The van der Waals surface area contributed by atoms with Crippen LogP contribution in [0.4, 0.5) is 0 Å². The third-order valence-electron chi connectivity index (χ3n) is 2.70. The Hall–Kier alpha value is -1.36. The summed E-state index contributed by atoms with van der Waals surface area (Å²) in [7, 11) is 1.96. The summed E-state index contributed by atoms with van der Waals surface area (Å²) >= 11 is 0. The molecule has 0 aliphatic heterocycles. The fourth-order valence-corrected chi connectivity index (χ4v) is 1.90. The highest BCUT2D eigenvalue weighted by molar-refractivity contribution is 5.82. The topological polar surface area (TPSA) is 61.0 Å². The molecule has 1 atom stereocenters. The number of nitrogens with zero attached hydrogens (tertiary/aromatic N) is 2. The Labute approximate surface area is 109 Å². The largest absolute Gasteiger partial charge is 0.350 e. The van der Waals surface area contributed by atoms with Crippen LogP contribution < -0.4 is 5.32 Å². The van der Waals surface area contributed by atoms with Gasteiger partial charge in [0.15, 0.2) is 0 Å². The second-order valence-corrected chi connectivity index (χ2v) is 5.66. The van der Waals surface area contributed by atoms with E-state index < -0.39 is 0 Å². The molecule has 0 spiro atoms. The minimum absolute atomic E-state index is 0.0759. The summed E-state index contributed by atoms with van der Waals surface area (Å²) in [6, 6.07) is 1.80. The number of aromatic amines is 1. The standard InChI is InChI=1S/C13H24N4O/c1-6-11(12(18)15-13(2,3)4)17(5)9-10-7-8-14-16-10/h7-8,11H,6,9H2,1-5H3,(H,14,16)(H,15,18)/t11-/m0/s1. The van der Waals surface area contributed by atoms with Crippen molar-refractivity contribution < 1.29 is 4.79 Å². The molecule has 0 unspecified atom stereocenters. The van der Waals surface area contributed by atoms with Crippen LogP contribution in [-0.4, -0.2) is 39.6 Å². The minimum atomic E-state index is -0.195. The maximum absolute atomic E-state index is 12.2. The second kappa shape index (κ2) is 6.00. The van der Waals surface area contributed by atoms with E-state index >= 15 is 0 Å². The summed E-state index contributed by atoms with van der Waals surface area (Å²) in [5.41, 5.74) is 0.818. The zero-order valence-corrected chi connectivity index (χ0v) is 11.9. The van der Waals surface area contributed by atoms with Gasteiger partial charge in [-0.1, -0.05) is 6.92 Å². The lowest BCUT2D eigenvalue weighted by atomic mass is 10.1. The van der Waals surface area contributed by atoms with Gasteiger partial charge in [0.25, 0.3) is 0 Å². The van der Waals surface area contributed by atoms with Crippen LogP contribution in [0.15, 0.2) is 12.3 Å². The number of rotatable bonds is 5. The molecule has 0 saturated carbocycles. The van der Waals surface area contributed by atoms with Crippen molar-refractivity contribution in [3.8, 4) is 0 Å². The minimum Gasteiger partial charge on any atom is -0.350 e. The Morgan fingerprint density at radius 2 is 2.22 bits per heavy atom. The maximum Gasteiger partial charge on any atom is 0.237 e. The highest BCUT2D eigenvalue weighted by Gasteiger charge is 2.24. The fraction of sp³-hybridized carbons (Fsp3) is 0.692. The van der Waals surface area contributed by atoms with E-state index in [1.165, 1.54) is 0 Å². The van der Waals surface area contributed by atoms with E-state index in [2.05, 4.69) is 15.5 Å². The SMILES string of the molecule is CC[C@@H](C(=O)NC(C)(C)C)N(C)Cc1ccn[nH]1. The van der Waals surface area contributed by atoms with Gasteiger partial charge in [0.1, 0.15) is 0 Å². The molecule has 0 aromatic carbocycles. The van der Waals surface area contributed by atoms with E-state index in [0.29, 0.717) is 6.54 Å². The van der Waals surface area contributed by atoms with Gasteiger partial charge in [0.2, 0.25) is 5.91 Å². The number of H-pyrrole nitrogens is 1. The molecule has 2 N–H and O–H groups in total. The average Bonchev–Trinajstić information content (AvgIpc) is 2.68. The van der Waals surface area contributed by atoms with E-state index in [1.54, 1.807) is 6.20 Å². The molecule has 18 heavy (non-hydrogen) atoms. The Kier molecular flexibility index (Phi) is 4.90. The molecular weight excluding hydrogens is 228 g/mol. The molecule has 5 nitrogen and oxygen atoms in total. The van der Waals surface area contributed by atoms with Crippen molar-refractivity contribution in [2.24, 2.45) is 0 Å². The highest BCUT2D eigenvalue weighted by atomic mass is 16.2. The molecule has 0 aliphatic carbocycles. The third-order valence-corrected chi connectivity index (χ3v) is 2.70. The lowest BCUT2D eigenvalue weighted by Crippen LogP contribution is -2.50. The third kappa shape index (κ3) is 4.49. The molecule has 1 aromatic rings. The maximum atomic E-state index is 12.2. The smallest absolute Gasteiger partial charge is 0.237 e. The van der Waals surface area contributed by atoms with Crippen molar-refractivity contribution in [3.63, 3.8) is 0 Å². The van der Waals surface area contributed by atoms with Gasteiger partial charge in [-0.15, -0.1) is 0 Å². The number of amides is 1. The molecule has 1 heterocycles. The van der Waals surface area contributed by atoms with E-state index in [4.69, 9.17) is 0 Å². The van der Waals surface area contributed by atoms with E-state index in [9.17, 15) is 4.79 Å². The molecule has 1 amide bonds. The van der Waals surface area contributed by atoms with Crippen molar-refractivity contribution in [2.75, 3.05) is 7.05 Å². The molecule has 1 aromatic heterocycles. The predicted octanol–water partition coefficient (Wildman–Crippen LogP) is 1.53. The van der Waals surface area contributed by atoms with E-state index in [1.807, 2.05) is 45.7 Å². The summed E-state index contributed by atoms with van der Waals surface area (Å²) in [6.45, 7) is 8.69. The number of carbonyl (C=O) groups excluding carboxylic acids is 1. The van der Waals surface area contributed by atoms with Crippen molar-refractivity contribution in [3.05, 3.63) is 18.0 Å². The highest BCUT2D eigenvalue weighted by Crippen LogP contribution is 2.09. The van der Waals surface area contributed by atoms with Crippen LogP contribution in [0.1, 0.15) is 39.8 Å². The van der Waals surface area contributed by atoms with Gasteiger partial charge in [-0.05, 0) is 40.3 Å². The van der Waals surface area contributed by atoms with Crippen molar-refractivity contribution >= 4 is 5.91 Å². The summed E-state index contributed by atoms with van der Waals surface area (Å²) < 4.78 is 0. The van der Waals surface area contributed by atoms with Gasteiger partial charge >= 0.3 is 0 Å². The first kappa shape index (κ1) is 14.7. The van der Waals surface area contributed by atoms with Crippen LogP contribution in [-0.2, 0) is 11.3 Å². The first-order valence-corrected chi connectivity index (χ1v) is 6.34. The number of hydrogen-bond donors (Lipinski definition) is 2. The molecular formula is C13H24N4O. The lowest BCUT2D eigenvalue weighted by Gasteiger charge is -2.29. The van der Waals surface area contributed by atoms with Crippen molar-refractivity contribution in [1.29, 1.82) is 0 Å². The number of aromatic nitrogens is 2. The molecule has 102 valence electrons. The van der Waals surface area contributed by atoms with Gasteiger partial charge < -0.3 is 5.32 Å². The van der Waals surface area contributed by atoms with Crippen LogP contribution >= 0.6 is 0 Å². The number of carbonyl (C=O) groups is 1. The summed E-state index contributed by atoms with van der Waals surface area (Å²) in [6.07, 6.45) is 2.51. The first-order chi connectivity index (χ1) is 8.33. The molecule has 0 radical (unpaired) electrons. The van der Waals surface area contributed by atoms with E-state index in [-0.39, 0.29) is 17.5 Å². The number of hydrogen-bond acceptors (Lipinski definition) is 3. The van der Waals surface area contributed by atoms with Crippen LogP contribution in [0, 0.1) is 0 Å². The van der Waals surface area contributed by atoms with Crippen LogP contribution in [0.3, 0.4) is 0 Å². The van der Waals surface area contributed by atoms with Crippen molar-refractivity contribution in [2.45, 2.75) is 52.2 Å². The summed E-state index contributed by atoms with van der Waals surface area (Å²) in [4.78, 5) is 14.2. The van der Waals surface area contributed by atoms with Gasteiger partial charge in [-0.3, -0.25) is 14.8 Å². The van der Waals surface area contributed by atoms with Crippen LogP contribution in [0.5, 0.6) is 0 Å². The zero-order valence-electron chi connectivity index (χ0n) is 11.9. The molecule has 1 rings (SSSR count). The van der Waals surface area contributed by atoms with Crippen LogP contribution in [0.25, 0.3) is 0 Å². The zero-order chi connectivity index (χ0) is 13.8. The summed E-state index contributed by atoms with van der Waals surface area (Å²) in [5, 5.41) is 9.85. The van der Waals surface area contributed by atoms with E-state index in [0.717, 1.165) is 12.1 Å². The van der Waals surface area contributed by atoms with Gasteiger partial charge in [0, 0.05) is 24.0 Å². The second-order valence-electron chi connectivity index (χ2n) is 5.66. The molecule has 0 saturated heterocycles. The Morgan fingerprint density at radius 3 is 2.67 bits per heavy atom. The van der Waals surface area contributed by atoms with Gasteiger partial charge in [-0.25, -0.2) is 0 Å². The average molecular weight is 252 g/mol. The summed E-state index contributed by atoms with van der Waals surface area (Å²) in [5.74, 6) is 0.0759. The molecule has 0 aliphatic rings. The monoisotopic (exact) mass is 252 g/mol. The Morgan fingerprint density at radius 1 is 1.56 bits per heavy atom. The number of likely N-dealkylation sites (N-methyl/N-ethyl adjacent to an activating group) is 1. The number of nitrogens with one attached hydrogen (secondary N) is 2. The first-order valence-electron chi connectivity index (χ1n) is 6.34. The van der Waals surface area contributed by atoms with Crippen molar-refractivity contribution in [1.82, 2.24) is 20.4 Å². The molecule has 0 bridgehead atoms. The quantitative estimate of drug-likeness (QED) is 0.835. The normalized spacial score (nSPS) is 13.7. The predicted molar refractivity (Wildman–Crippen MR) is 72.0 cm³/mol.